The summed E-state index contributed by atoms with van der Waals surface area (Å²) in [4.78, 5) is 0. The van der Waals surface area contributed by atoms with Gasteiger partial charge in [-0.3, -0.25) is 0 Å². The average Bonchev–Trinajstić information content (AvgIpc) is 2.19. The van der Waals surface area contributed by atoms with Gasteiger partial charge in [0.15, 0.2) is 0 Å². The first-order chi connectivity index (χ1) is 6.68. The van der Waals surface area contributed by atoms with Gasteiger partial charge in [0.1, 0.15) is 0 Å². The lowest BCUT2D eigenvalue weighted by Crippen LogP contribution is -2.15. The number of rotatable bonds is 9. The van der Waals surface area contributed by atoms with E-state index in [1.807, 2.05) is 0 Å². The van der Waals surface area contributed by atoms with Crippen molar-refractivity contribution in [1.82, 2.24) is 0 Å². The third kappa shape index (κ3) is 10.5. The monoisotopic (exact) mass is 230 g/mol. The van der Waals surface area contributed by atoms with Crippen molar-refractivity contribution in [2.45, 2.75) is 100 Å². The zero-order valence-electron chi connectivity index (χ0n) is 10.9. The Balaban J connectivity index is -0.000000845. The molecule has 0 aliphatic carbocycles. The van der Waals surface area contributed by atoms with Crippen LogP contribution in [-0.4, -0.2) is 0 Å². The van der Waals surface area contributed by atoms with Gasteiger partial charge in [0.05, 0.1) is 0 Å². The topological polar surface area (TPSA) is 0 Å². The Morgan fingerprint density at radius 1 is 0.688 bits per heavy atom. The molecule has 0 spiro atoms. The molecule has 0 bridgehead atoms. The van der Waals surface area contributed by atoms with Gasteiger partial charge < -0.3 is 0 Å². The van der Waals surface area contributed by atoms with E-state index < -0.39 is 0 Å². The zero-order valence-corrected chi connectivity index (χ0v) is 10.9. The maximum atomic E-state index is 2.48. The number of hydrogen-bond donors (Lipinski definition) is 0. The molecule has 0 aliphatic heterocycles. The van der Waals surface area contributed by atoms with Crippen molar-refractivity contribution in [2.24, 2.45) is 5.41 Å². The predicted octanol–water partition coefficient (Wildman–Crippen LogP) is 6.84. The van der Waals surface area contributed by atoms with Crippen LogP contribution < -0.4 is 0 Å². The fourth-order valence-corrected chi connectivity index (χ4v) is 2.08. The van der Waals surface area contributed by atoms with Gasteiger partial charge in [-0.2, -0.15) is 0 Å². The van der Waals surface area contributed by atoms with Crippen molar-refractivity contribution in [2.75, 3.05) is 0 Å². The lowest BCUT2D eigenvalue weighted by molar-refractivity contribution is 0.242. The van der Waals surface area contributed by atoms with E-state index in [0.29, 0.717) is 5.41 Å². The largest absolute Gasteiger partial charge is 0.0776 e. The zero-order chi connectivity index (χ0) is 10.9. The van der Waals surface area contributed by atoms with Gasteiger partial charge in [-0.25, -0.2) is 0 Å². The highest BCUT2D eigenvalue weighted by molar-refractivity contribution is 4.72. The number of unbranched alkanes of at least 4 members (excludes halogenated alkanes) is 4. The molecular weight excluding hydrogens is 192 g/mol. The van der Waals surface area contributed by atoms with E-state index in [2.05, 4.69) is 27.7 Å². The minimum atomic E-state index is 0. The van der Waals surface area contributed by atoms with E-state index in [0.717, 1.165) is 0 Å². The van der Waals surface area contributed by atoms with Crippen LogP contribution in [0.2, 0.25) is 0 Å². The smallest absolute Gasteiger partial charge is 0.0328 e. The summed E-state index contributed by atoms with van der Waals surface area (Å²) in [6.07, 6.45) is 12.7. The highest BCUT2D eigenvalue weighted by Gasteiger charge is 2.20. The van der Waals surface area contributed by atoms with Gasteiger partial charge in [0.2, 0.25) is 0 Å². The second-order valence-electron chi connectivity index (χ2n) is 5.08. The van der Waals surface area contributed by atoms with Crippen LogP contribution >= 0.6 is 0 Å². The first-order valence-electron chi connectivity index (χ1n) is 6.68. The summed E-state index contributed by atoms with van der Waals surface area (Å²) in [6, 6.07) is 0. The number of hydrogen-bond acceptors (Lipinski definition) is 0. The molecule has 0 saturated heterocycles. The SMILES string of the molecule is C.C.CCCCCC(C)(CC)CCCCC. The van der Waals surface area contributed by atoms with E-state index in [1.165, 1.54) is 57.8 Å². The molecule has 0 aromatic heterocycles. The van der Waals surface area contributed by atoms with Crippen molar-refractivity contribution in [3.05, 3.63) is 0 Å². The van der Waals surface area contributed by atoms with Crippen molar-refractivity contribution >= 4 is 0 Å². The average molecular weight is 230 g/mol. The highest BCUT2D eigenvalue weighted by atomic mass is 14.3. The molecule has 0 amide bonds. The Bertz CT molecular complexity index is 105. The first-order valence-corrected chi connectivity index (χ1v) is 6.68. The molecule has 0 nitrogen and oxygen atoms in total. The van der Waals surface area contributed by atoms with Crippen LogP contribution in [0.5, 0.6) is 0 Å². The molecule has 0 aromatic carbocycles. The van der Waals surface area contributed by atoms with E-state index in [1.54, 1.807) is 0 Å². The summed E-state index contributed by atoms with van der Waals surface area (Å²) < 4.78 is 0. The second kappa shape index (κ2) is 13.1. The molecule has 0 heteroatoms. The second-order valence-corrected chi connectivity index (χ2v) is 5.08. The minimum absolute atomic E-state index is 0. The van der Waals surface area contributed by atoms with E-state index in [4.69, 9.17) is 0 Å². The van der Waals surface area contributed by atoms with Crippen molar-refractivity contribution < 1.29 is 0 Å². The third-order valence-corrected chi connectivity index (χ3v) is 3.62. The molecule has 0 radical (unpaired) electrons. The van der Waals surface area contributed by atoms with Crippen LogP contribution in [0.1, 0.15) is 100 Å². The van der Waals surface area contributed by atoms with Crippen molar-refractivity contribution in [3.63, 3.8) is 0 Å². The Labute approximate surface area is 106 Å². The predicted molar refractivity (Wildman–Crippen MR) is 80.1 cm³/mol. The Morgan fingerprint density at radius 3 is 1.31 bits per heavy atom. The van der Waals surface area contributed by atoms with Crippen molar-refractivity contribution in [3.8, 4) is 0 Å². The van der Waals surface area contributed by atoms with Crippen LogP contribution in [-0.2, 0) is 0 Å². The minimum Gasteiger partial charge on any atom is -0.0776 e. The van der Waals surface area contributed by atoms with Gasteiger partial charge in [-0.05, 0) is 18.3 Å². The molecule has 0 fully saturated rings. The molecule has 0 aliphatic rings. The van der Waals surface area contributed by atoms with Gasteiger partial charge in [0, 0.05) is 0 Å². The molecule has 102 valence electrons. The van der Waals surface area contributed by atoms with Gasteiger partial charge in [-0.15, -0.1) is 0 Å². The first kappa shape index (κ1) is 21.3. The molecule has 0 rings (SSSR count). The fraction of sp³-hybridized carbons (Fsp3) is 1.00. The van der Waals surface area contributed by atoms with Crippen LogP contribution in [0.15, 0.2) is 0 Å². The van der Waals surface area contributed by atoms with E-state index in [9.17, 15) is 0 Å². The summed E-state index contributed by atoms with van der Waals surface area (Å²) in [6.45, 7) is 9.43. The van der Waals surface area contributed by atoms with Gasteiger partial charge >= 0.3 is 0 Å². The quantitative estimate of drug-likeness (QED) is 0.381. The molecule has 0 atom stereocenters. The fourth-order valence-electron chi connectivity index (χ4n) is 2.08. The summed E-state index contributed by atoms with van der Waals surface area (Å²) >= 11 is 0. The van der Waals surface area contributed by atoms with Crippen LogP contribution in [0.25, 0.3) is 0 Å². The van der Waals surface area contributed by atoms with Gasteiger partial charge in [-0.1, -0.05) is 87.5 Å². The summed E-state index contributed by atoms with van der Waals surface area (Å²) in [5, 5.41) is 0. The molecule has 16 heavy (non-hydrogen) atoms. The Kier molecular flexibility index (Phi) is 17.4. The summed E-state index contributed by atoms with van der Waals surface area (Å²) in [5.74, 6) is 0. The molecular formula is C16H38. The molecule has 0 unspecified atom stereocenters. The maximum absolute atomic E-state index is 2.48. The van der Waals surface area contributed by atoms with E-state index >= 15 is 0 Å². The molecule has 0 N–H and O–H groups in total. The van der Waals surface area contributed by atoms with E-state index in [-0.39, 0.29) is 14.9 Å². The standard InChI is InChI=1S/C14H30.2CH4/c1-5-8-10-12-14(4,7-3)13-11-9-6-2;;/h5-13H2,1-4H3;2*1H4. The molecule has 0 saturated carbocycles. The Hall–Kier alpha value is 0. The molecule has 0 aromatic rings. The summed E-state index contributed by atoms with van der Waals surface area (Å²) in [5.41, 5.74) is 0.643. The lowest BCUT2D eigenvalue weighted by atomic mass is 9.78. The normalized spacial score (nSPS) is 10.5. The lowest BCUT2D eigenvalue weighted by Gasteiger charge is -2.28. The van der Waals surface area contributed by atoms with Crippen LogP contribution in [0.4, 0.5) is 0 Å². The van der Waals surface area contributed by atoms with Gasteiger partial charge in [0.25, 0.3) is 0 Å². The van der Waals surface area contributed by atoms with Crippen LogP contribution in [0.3, 0.4) is 0 Å². The third-order valence-electron chi connectivity index (χ3n) is 3.62. The van der Waals surface area contributed by atoms with Crippen LogP contribution in [0, 0.1) is 5.41 Å². The summed E-state index contributed by atoms with van der Waals surface area (Å²) in [7, 11) is 0. The molecule has 0 heterocycles. The maximum Gasteiger partial charge on any atom is -0.0328 e. The highest BCUT2D eigenvalue weighted by Crippen LogP contribution is 2.34. The van der Waals surface area contributed by atoms with Crippen molar-refractivity contribution in [1.29, 1.82) is 0 Å². The Morgan fingerprint density at radius 2 is 1.06 bits per heavy atom.